The zero-order valence-electron chi connectivity index (χ0n) is 39.3. The van der Waals surface area contributed by atoms with Crippen LogP contribution in [0.5, 0.6) is 0 Å². The summed E-state index contributed by atoms with van der Waals surface area (Å²) in [4.78, 5) is 35.7. The van der Waals surface area contributed by atoms with Crippen molar-refractivity contribution in [3.05, 3.63) is 109 Å². The first kappa shape index (κ1) is 60.5. The van der Waals surface area contributed by atoms with Crippen LogP contribution in [-0.4, -0.2) is 110 Å². The van der Waals surface area contributed by atoms with Crippen LogP contribution in [0.4, 0.5) is 0 Å². The standard InChI is InChI=1S/C51H81O14P/c1-3-5-6-7-8-9-10-11-12-13-14-15-16-20-23-26-29-32-35-38-44(53)62-40-43(41-63-66(60,61)65-51-49(58)47(56)46(55)48(57)50(51)59)64-45(54)39-36-33-30-27-24-21-18-17-19-22-25-28-31-34-37-42(52)4-2/h8-9,11-12,14-15,18-23,27-28,30-31,34,37,42-43,46-52,55-59H,3-7,10,13,16-17,24-26,29,32-33,35-36,38-41H2,1-2H3,(H,60,61)/b9-8-,12-11-,15-14-,21-18-,22-19-,23-20-,30-27-,31-28-,37-34+/t42-,43-,46?,47-,48+,49-,50-,51?/m1/s1. The van der Waals surface area contributed by atoms with E-state index in [9.17, 15) is 49.7 Å². The number of aliphatic hydroxyl groups is 6. The van der Waals surface area contributed by atoms with E-state index >= 15 is 0 Å². The Kier molecular flexibility index (Phi) is 36.2. The summed E-state index contributed by atoms with van der Waals surface area (Å²) in [5, 5.41) is 59.7. The summed E-state index contributed by atoms with van der Waals surface area (Å²) in [5.41, 5.74) is 0. The molecule has 1 rings (SSSR count). The quantitative estimate of drug-likeness (QED) is 0.0102. The molecule has 0 aliphatic heterocycles. The zero-order valence-corrected chi connectivity index (χ0v) is 40.2. The summed E-state index contributed by atoms with van der Waals surface area (Å²) in [6.45, 7) is 2.85. The maximum Gasteiger partial charge on any atom is 0.472 e. The number of aliphatic hydroxyl groups excluding tert-OH is 6. The third kappa shape index (κ3) is 31.4. The fourth-order valence-electron chi connectivity index (χ4n) is 6.26. The lowest BCUT2D eigenvalue weighted by Crippen LogP contribution is -2.64. The number of phosphoric acid groups is 1. The van der Waals surface area contributed by atoms with Gasteiger partial charge in [-0.2, -0.15) is 0 Å². The largest absolute Gasteiger partial charge is 0.472 e. The van der Waals surface area contributed by atoms with Gasteiger partial charge >= 0.3 is 19.8 Å². The molecule has 0 aromatic rings. The number of hydrogen-bond donors (Lipinski definition) is 7. The monoisotopic (exact) mass is 949 g/mol. The van der Waals surface area contributed by atoms with E-state index in [4.69, 9.17) is 18.5 Å². The Bertz CT molecular complexity index is 1580. The zero-order chi connectivity index (χ0) is 48.7. The van der Waals surface area contributed by atoms with E-state index in [1.165, 1.54) is 19.3 Å². The van der Waals surface area contributed by atoms with Crippen LogP contribution in [-0.2, 0) is 32.7 Å². The molecule has 0 spiro atoms. The Morgan fingerprint density at radius 1 is 0.545 bits per heavy atom. The average molecular weight is 949 g/mol. The molecule has 3 unspecified atom stereocenters. The van der Waals surface area contributed by atoms with E-state index in [-0.39, 0.29) is 12.8 Å². The molecule has 1 aliphatic carbocycles. The van der Waals surface area contributed by atoms with E-state index in [1.807, 2.05) is 43.4 Å². The molecule has 0 bridgehead atoms. The lowest BCUT2D eigenvalue weighted by Gasteiger charge is -2.41. The van der Waals surface area contributed by atoms with Crippen molar-refractivity contribution < 1.29 is 68.2 Å². The van der Waals surface area contributed by atoms with E-state index in [1.54, 1.807) is 6.08 Å². The maximum atomic E-state index is 12.8. The van der Waals surface area contributed by atoms with Gasteiger partial charge in [-0.3, -0.25) is 18.6 Å². The molecule has 7 N–H and O–H groups in total. The SMILES string of the molecule is CCCCC/C=C\C/C=C\C/C=C\C/C=C\CCCCCC(=O)OC[C@H](COP(=O)(O)OC1[C@H](O)[C@H](O)C(O)[C@H](O)[C@H]1O)OC(=O)CCC/C=C\C/C=C\C/C=C\C/C=C\C=C\[C@H](O)CC. The number of phosphoric ester groups is 1. The van der Waals surface area contributed by atoms with E-state index in [2.05, 4.69) is 73.8 Å². The van der Waals surface area contributed by atoms with Crippen molar-refractivity contribution in [2.75, 3.05) is 13.2 Å². The molecule has 374 valence electrons. The summed E-state index contributed by atoms with van der Waals surface area (Å²) < 4.78 is 33.4. The Morgan fingerprint density at radius 3 is 1.52 bits per heavy atom. The first-order valence-electron chi connectivity index (χ1n) is 23.8. The highest BCUT2D eigenvalue weighted by molar-refractivity contribution is 7.47. The number of carbonyl (C=O) groups is 2. The summed E-state index contributed by atoms with van der Waals surface area (Å²) in [5.74, 6) is -1.24. The predicted octanol–water partition coefficient (Wildman–Crippen LogP) is 8.58. The maximum absolute atomic E-state index is 12.8. The molecule has 0 heterocycles. The van der Waals surface area contributed by atoms with Crippen LogP contribution < -0.4 is 0 Å². The fourth-order valence-corrected chi connectivity index (χ4v) is 7.23. The first-order valence-corrected chi connectivity index (χ1v) is 25.3. The van der Waals surface area contributed by atoms with E-state index < -0.39 is 81.8 Å². The van der Waals surface area contributed by atoms with Gasteiger partial charge in [-0.1, -0.05) is 142 Å². The molecule has 1 saturated carbocycles. The number of allylic oxidation sites excluding steroid dienone is 17. The van der Waals surface area contributed by atoms with Crippen LogP contribution in [0.15, 0.2) is 109 Å². The van der Waals surface area contributed by atoms with Crippen molar-refractivity contribution in [1.82, 2.24) is 0 Å². The second-order valence-electron chi connectivity index (χ2n) is 16.1. The fraction of sp³-hybridized carbons (Fsp3) is 0.608. The number of unbranched alkanes of at least 4 members (excludes halogenated alkanes) is 7. The average Bonchev–Trinajstić information content (AvgIpc) is 3.30. The second kappa shape index (κ2) is 39.5. The second-order valence-corrected chi connectivity index (χ2v) is 17.5. The van der Waals surface area contributed by atoms with Crippen LogP contribution in [0, 0.1) is 0 Å². The molecule has 0 aromatic heterocycles. The Balaban J connectivity index is 2.53. The molecule has 1 fully saturated rings. The molecule has 15 heteroatoms. The third-order valence-electron chi connectivity index (χ3n) is 10.3. The molecule has 66 heavy (non-hydrogen) atoms. The minimum absolute atomic E-state index is 0.00979. The van der Waals surface area contributed by atoms with E-state index in [0.717, 1.165) is 64.2 Å². The van der Waals surface area contributed by atoms with Crippen molar-refractivity contribution >= 4 is 19.8 Å². The van der Waals surface area contributed by atoms with Crippen molar-refractivity contribution in [1.29, 1.82) is 0 Å². The smallest absolute Gasteiger partial charge is 0.462 e. The Labute approximate surface area is 394 Å². The number of rotatable bonds is 37. The third-order valence-corrected chi connectivity index (χ3v) is 11.2. The number of hydrogen-bond acceptors (Lipinski definition) is 13. The minimum Gasteiger partial charge on any atom is -0.462 e. The van der Waals surface area contributed by atoms with Gasteiger partial charge in [0.25, 0.3) is 0 Å². The highest BCUT2D eigenvalue weighted by Gasteiger charge is 2.51. The van der Waals surface area contributed by atoms with Gasteiger partial charge in [0.1, 0.15) is 43.2 Å². The number of esters is 2. The summed E-state index contributed by atoms with van der Waals surface area (Å²) in [7, 11) is -5.16. The van der Waals surface area contributed by atoms with Gasteiger partial charge in [0.2, 0.25) is 0 Å². The lowest BCUT2D eigenvalue weighted by molar-refractivity contribution is -0.220. The molecule has 1 aliphatic rings. The topological polar surface area (TPSA) is 230 Å². The van der Waals surface area contributed by atoms with Crippen molar-refractivity contribution in [3.8, 4) is 0 Å². The molecule has 0 aromatic carbocycles. The molecule has 0 saturated heterocycles. The predicted molar refractivity (Wildman–Crippen MR) is 259 cm³/mol. The number of ether oxygens (including phenoxy) is 2. The molecular formula is C51H81O14P. The molecule has 9 atom stereocenters. The molecule has 14 nitrogen and oxygen atoms in total. The minimum atomic E-state index is -5.16. The highest BCUT2D eigenvalue weighted by Crippen LogP contribution is 2.47. The summed E-state index contributed by atoms with van der Waals surface area (Å²) in [6.07, 6.45) is 38.0. The van der Waals surface area contributed by atoms with Gasteiger partial charge < -0.3 is 45.0 Å². The molecular weight excluding hydrogens is 868 g/mol. The lowest BCUT2D eigenvalue weighted by atomic mass is 9.85. The summed E-state index contributed by atoms with van der Waals surface area (Å²) >= 11 is 0. The molecule has 0 amide bonds. The Morgan fingerprint density at radius 2 is 1.00 bits per heavy atom. The van der Waals surface area contributed by atoms with Crippen LogP contribution >= 0.6 is 7.82 Å². The normalized spacial score (nSPS) is 22.7. The van der Waals surface area contributed by atoms with Gasteiger partial charge in [0, 0.05) is 12.8 Å². The Hall–Kier alpha value is -3.53. The van der Waals surface area contributed by atoms with Crippen molar-refractivity contribution in [2.24, 2.45) is 0 Å². The van der Waals surface area contributed by atoms with Gasteiger partial charge in [-0.25, -0.2) is 4.57 Å². The number of carbonyl (C=O) groups excluding carboxylic acids is 2. The van der Waals surface area contributed by atoms with Crippen LogP contribution in [0.25, 0.3) is 0 Å². The summed E-state index contributed by atoms with van der Waals surface area (Å²) in [6, 6.07) is 0. The van der Waals surface area contributed by atoms with Crippen LogP contribution in [0.1, 0.15) is 136 Å². The van der Waals surface area contributed by atoms with Crippen molar-refractivity contribution in [2.45, 2.75) is 185 Å². The van der Waals surface area contributed by atoms with Gasteiger partial charge in [0.15, 0.2) is 6.10 Å². The highest BCUT2D eigenvalue weighted by atomic mass is 31.2. The van der Waals surface area contributed by atoms with E-state index in [0.29, 0.717) is 25.7 Å². The van der Waals surface area contributed by atoms with Crippen LogP contribution in [0.3, 0.4) is 0 Å². The van der Waals surface area contributed by atoms with Crippen LogP contribution in [0.2, 0.25) is 0 Å². The van der Waals surface area contributed by atoms with Gasteiger partial charge in [-0.05, 0) is 89.9 Å². The first-order chi connectivity index (χ1) is 31.8. The van der Waals surface area contributed by atoms with Gasteiger partial charge in [-0.15, -0.1) is 0 Å². The van der Waals surface area contributed by atoms with Crippen molar-refractivity contribution in [3.63, 3.8) is 0 Å². The molecule has 0 radical (unpaired) electrons. The van der Waals surface area contributed by atoms with Gasteiger partial charge in [0.05, 0.1) is 12.7 Å².